The van der Waals surface area contributed by atoms with Crippen molar-refractivity contribution in [3.8, 4) is 0 Å². The molecule has 0 bridgehead atoms. The number of halogens is 2. The Balaban J connectivity index is 1.58. The van der Waals surface area contributed by atoms with E-state index in [2.05, 4.69) is 5.32 Å². The van der Waals surface area contributed by atoms with Crippen LogP contribution in [0.2, 0.25) is 5.02 Å². The van der Waals surface area contributed by atoms with Gasteiger partial charge < -0.3 is 10.1 Å². The highest BCUT2D eigenvalue weighted by molar-refractivity contribution is 6.30. The van der Waals surface area contributed by atoms with Crippen LogP contribution in [0.3, 0.4) is 0 Å². The van der Waals surface area contributed by atoms with Gasteiger partial charge in [0.05, 0.1) is 11.3 Å². The van der Waals surface area contributed by atoms with Crippen LogP contribution in [0.5, 0.6) is 0 Å². The lowest BCUT2D eigenvalue weighted by Crippen LogP contribution is -2.21. The summed E-state index contributed by atoms with van der Waals surface area (Å²) >= 11 is 5.75. The average molecular weight is 348 g/mol. The number of ether oxygens (including phenoxy) is 1. The van der Waals surface area contributed by atoms with Crippen LogP contribution in [0.4, 0.5) is 10.1 Å². The first-order chi connectivity index (χ1) is 11.5. The SMILES string of the molecule is O=C(COC(=O)c1ccc2c(c1)CCC2)Nc1cc(Cl)ccc1F. The second-order valence-corrected chi connectivity index (χ2v) is 6.02. The summed E-state index contributed by atoms with van der Waals surface area (Å²) in [7, 11) is 0. The number of hydrogen-bond acceptors (Lipinski definition) is 3. The number of aryl methyl sites for hydroxylation is 2. The van der Waals surface area contributed by atoms with Crippen LogP contribution < -0.4 is 5.32 Å². The van der Waals surface area contributed by atoms with Crippen molar-refractivity contribution in [2.24, 2.45) is 0 Å². The Bertz CT molecular complexity index is 807. The number of benzene rings is 2. The molecule has 0 aromatic heterocycles. The van der Waals surface area contributed by atoms with Gasteiger partial charge in [-0.15, -0.1) is 0 Å². The molecule has 0 saturated carbocycles. The molecule has 3 rings (SSSR count). The molecule has 0 saturated heterocycles. The molecule has 0 spiro atoms. The van der Waals surface area contributed by atoms with Gasteiger partial charge in [-0.1, -0.05) is 17.7 Å². The molecule has 0 unspecified atom stereocenters. The lowest BCUT2D eigenvalue weighted by atomic mass is 10.1. The molecule has 1 N–H and O–H groups in total. The first-order valence-corrected chi connectivity index (χ1v) is 7.94. The van der Waals surface area contributed by atoms with Gasteiger partial charge in [0.15, 0.2) is 6.61 Å². The molecule has 0 fully saturated rings. The topological polar surface area (TPSA) is 55.4 Å². The molecular formula is C18H15ClFNO3. The zero-order chi connectivity index (χ0) is 17.1. The van der Waals surface area contributed by atoms with Crippen LogP contribution in [0.25, 0.3) is 0 Å². The summed E-state index contributed by atoms with van der Waals surface area (Å²) in [6.45, 7) is -0.498. The fourth-order valence-corrected chi connectivity index (χ4v) is 2.86. The van der Waals surface area contributed by atoms with Crippen LogP contribution in [0, 0.1) is 5.82 Å². The van der Waals surface area contributed by atoms with E-state index in [1.54, 1.807) is 12.1 Å². The Morgan fingerprint density at radius 3 is 2.75 bits per heavy atom. The molecule has 6 heteroatoms. The van der Waals surface area contributed by atoms with Crippen molar-refractivity contribution in [3.05, 3.63) is 63.9 Å². The van der Waals surface area contributed by atoms with E-state index >= 15 is 0 Å². The standard InChI is InChI=1S/C18H15ClFNO3/c19-14-6-7-15(20)16(9-14)21-17(22)10-24-18(23)13-5-4-11-2-1-3-12(11)8-13/h4-9H,1-3,10H2,(H,21,22). The molecule has 2 aromatic rings. The number of rotatable bonds is 4. The number of anilines is 1. The van der Waals surface area contributed by atoms with Crippen molar-refractivity contribution in [2.45, 2.75) is 19.3 Å². The number of fused-ring (bicyclic) bond motifs is 1. The highest BCUT2D eigenvalue weighted by Gasteiger charge is 2.16. The van der Waals surface area contributed by atoms with E-state index in [1.165, 1.54) is 17.7 Å². The predicted molar refractivity (Wildman–Crippen MR) is 88.8 cm³/mol. The fraction of sp³-hybridized carbons (Fsp3) is 0.222. The Kier molecular flexibility index (Phi) is 4.81. The Labute approximate surface area is 143 Å². The van der Waals surface area contributed by atoms with Gasteiger partial charge in [0, 0.05) is 5.02 Å². The van der Waals surface area contributed by atoms with Gasteiger partial charge in [-0.05, 0) is 60.7 Å². The smallest absolute Gasteiger partial charge is 0.338 e. The summed E-state index contributed by atoms with van der Waals surface area (Å²) in [6.07, 6.45) is 3.06. The predicted octanol–water partition coefficient (Wildman–Crippen LogP) is 3.76. The second-order valence-electron chi connectivity index (χ2n) is 5.59. The van der Waals surface area contributed by atoms with E-state index in [0.29, 0.717) is 10.6 Å². The molecule has 2 aromatic carbocycles. The lowest BCUT2D eigenvalue weighted by Gasteiger charge is -2.08. The van der Waals surface area contributed by atoms with Crippen molar-refractivity contribution < 1.29 is 18.7 Å². The monoisotopic (exact) mass is 347 g/mol. The zero-order valence-corrected chi connectivity index (χ0v) is 13.5. The van der Waals surface area contributed by atoms with E-state index in [-0.39, 0.29) is 5.69 Å². The van der Waals surface area contributed by atoms with E-state index in [0.717, 1.165) is 30.9 Å². The highest BCUT2D eigenvalue weighted by Crippen LogP contribution is 2.23. The lowest BCUT2D eigenvalue weighted by molar-refractivity contribution is -0.119. The van der Waals surface area contributed by atoms with Crippen LogP contribution >= 0.6 is 11.6 Å². The Morgan fingerprint density at radius 1 is 1.12 bits per heavy atom. The van der Waals surface area contributed by atoms with Crippen molar-refractivity contribution in [1.29, 1.82) is 0 Å². The number of carbonyl (C=O) groups excluding carboxylic acids is 2. The van der Waals surface area contributed by atoms with E-state index in [1.807, 2.05) is 6.07 Å². The third-order valence-electron chi connectivity index (χ3n) is 3.87. The minimum atomic E-state index is -0.634. The van der Waals surface area contributed by atoms with Gasteiger partial charge in [-0.3, -0.25) is 4.79 Å². The summed E-state index contributed by atoms with van der Waals surface area (Å²) in [5.41, 5.74) is 2.76. The van der Waals surface area contributed by atoms with Crippen LogP contribution in [0.1, 0.15) is 27.9 Å². The van der Waals surface area contributed by atoms with Gasteiger partial charge in [-0.2, -0.15) is 0 Å². The maximum absolute atomic E-state index is 13.5. The van der Waals surface area contributed by atoms with E-state index < -0.39 is 24.3 Å². The van der Waals surface area contributed by atoms with Crippen molar-refractivity contribution in [2.75, 3.05) is 11.9 Å². The summed E-state index contributed by atoms with van der Waals surface area (Å²) in [4.78, 5) is 23.8. The molecule has 24 heavy (non-hydrogen) atoms. The van der Waals surface area contributed by atoms with Gasteiger partial charge in [0.25, 0.3) is 5.91 Å². The minimum absolute atomic E-state index is 0.0546. The Hall–Kier alpha value is -2.40. The summed E-state index contributed by atoms with van der Waals surface area (Å²) in [5, 5.41) is 2.62. The minimum Gasteiger partial charge on any atom is -0.452 e. The first kappa shape index (κ1) is 16.5. The number of carbonyl (C=O) groups is 2. The van der Waals surface area contributed by atoms with Gasteiger partial charge in [-0.25, -0.2) is 9.18 Å². The molecule has 0 radical (unpaired) electrons. The molecular weight excluding hydrogens is 333 g/mol. The average Bonchev–Trinajstić information content (AvgIpc) is 3.03. The number of esters is 1. The maximum atomic E-state index is 13.5. The highest BCUT2D eigenvalue weighted by atomic mass is 35.5. The van der Waals surface area contributed by atoms with Crippen molar-refractivity contribution >= 4 is 29.2 Å². The van der Waals surface area contributed by atoms with Crippen LogP contribution in [-0.2, 0) is 22.4 Å². The Morgan fingerprint density at radius 2 is 1.92 bits per heavy atom. The number of nitrogens with one attached hydrogen (secondary N) is 1. The summed E-state index contributed by atoms with van der Waals surface area (Å²) < 4.78 is 18.5. The largest absolute Gasteiger partial charge is 0.452 e. The normalized spacial score (nSPS) is 12.6. The van der Waals surface area contributed by atoms with E-state index in [9.17, 15) is 14.0 Å². The van der Waals surface area contributed by atoms with E-state index in [4.69, 9.17) is 16.3 Å². The van der Waals surface area contributed by atoms with Crippen LogP contribution in [-0.4, -0.2) is 18.5 Å². The molecule has 0 aliphatic heterocycles. The third-order valence-corrected chi connectivity index (χ3v) is 4.11. The molecule has 4 nitrogen and oxygen atoms in total. The maximum Gasteiger partial charge on any atom is 0.338 e. The van der Waals surface area contributed by atoms with Crippen molar-refractivity contribution in [1.82, 2.24) is 0 Å². The van der Waals surface area contributed by atoms with Crippen LogP contribution in [0.15, 0.2) is 36.4 Å². The quantitative estimate of drug-likeness (QED) is 0.857. The molecule has 0 heterocycles. The summed E-state index contributed by atoms with van der Waals surface area (Å²) in [5.74, 6) is -1.82. The van der Waals surface area contributed by atoms with Gasteiger partial charge >= 0.3 is 5.97 Å². The number of amides is 1. The third kappa shape index (κ3) is 3.74. The zero-order valence-electron chi connectivity index (χ0n) is 12.8. The second kappa shape index (κ2) is 7.01. The number of hydrogen-bond donors (Lipinski definition) is 1. The molecule has 1 aliphatic rings. The van der Waals surface area contributed by atoms with Gasteiger partial charge in [0.2, 0.25) is 0 Å². The molecule has 1 amide bonds. The fourth-order valence-electron chi connectivity index (χ4n) is 2.69. The molecule has 0 atom stereocenters. The molecule has 1 aliphatic carbocycles. The summed E-state index contributed by atoms with van der Waals surface area (Å²) in [6, 6.07) is 9.23. The van der Waals surface area contributed by atoms with Gasteiger partial charge in [0.1, 0.15) is 5.82 Å². The van der Waals surface area contributed by atoms with Crippen molar-refractivity contribution in [3.63, 3.8) is 0 Å². The molecule has 124 valence electrons. The first-order valence-electron chi connectivity index (χ1n) is 7.57.